The minimum atomic E-state index is 0.119. The first kappa shape index (κ1) is 12.6. The molecular formula is C19H19NO. The van der Waals surface area contributed by atoms with Crippen LogP contribution in [-0.4, -0.2) is 12.5 Å². The van der Waals surface area contributed by atoms with Crippen LogP contribution in [0.2, 0.25) is 0 Å². The molecular weight excluding hydrogens is 258 g/mol. The summed E-state index contributed by atoms with van der Waals surface area (Å²) >= 11 is 0. The number of anilines is 1. The van der Waals surface area contributed by atoms with Crippen molar-refractivity contribution in [1.82, 2.24) is 0 Å². The summed E-state index contributed by atoms with van der Waals surface area (Å²) in [5.74, 6) is 0.423. The molecule has 2 aromatic rings. The van der Waals surface area contributed by atoms with Gasteiger partial charge in [0.15, 0.2) is 0 Å². The van der Waals surface area contributed by atoms with E-state index in [4.69, 9.17) is 0 Å². The van der Waals surface area contributed by atoms with Gasteiger partial charge in [-0.3, -0.25) is 4.79 Å². The molecule has 2 nitrogen and oxygen atoms in total. The summed E-state index contributed by atoms with van der Waals surface area (Å²) in [7, 11) is 0. The lowest BCUT2D eigenvalue weighted by Gasteiger charge is -2.31. The number of hydrogen-bond acceptors (Lipinski definition) is 1. The van der Waals surface area contributed by atoms with Crippen LogP contribution in [0.5, 0.6) is 0 Å². The number of aryl methyl sites for hydroxylation is 1. The number of carbonyl (C=O) groups is 1. The Morgan fingerprint density at radius 1 is 0.905 bits per heavy atom. The Morgan fingerprint density at radius 3 is 2.24 bits per heavy atom. The predicted molar refractivity (Wildman–Crippen MR) is 84.5 cm³/mol. The maximum absolute atomic E-state index is 13.0. The van der Waals surface area contributed by atoms with Gasteiger partial charge >= 0.3 is 0 Å². The van der Waals surface area contributed by atoms with Gasteiger partial charge in [-0.15, -0.1) is 0 Å². The van der Waals surface area contributed by atoms with Crippen LogP contribution in [0.1, 0.15) is 23.1 Å². The smallest absolute Gasteiger partial charge is 0.230 e. The van der Waals surface area contributed by atoms with Crippen molar-refractivity contribution in [3.8, 4) is 0 Å². The molecule has 21 heavy (non-hydrogen) atoms. The van der Waals surface area contributed by atoms with E-state index in [-0.39, 0.29) is 5.92 Å². The highest BCUT2D eigenvalue weighted by Gasteiger charge is 2.32. The number of nitrogens with zero attached hydrogens (tertiary/aromatic N) is 1. The normalized spacial score (nSPS) is 17.4. The monoisotopic (exact) mass is 277 g/mol. The third-order valence-electron chi connectivity index (χ3n) is 4.78. The molecule has 2 heteroatoms. The van der Waals surface area contributed by atoms with Gasteiger partial charge in [0.05, 0.1) is 0 Å². The molecule has 0 spiro atoms. The van der Waals surface area contributed by atoms with E-state index in [1.807, 2.05) is 11.0 Å². The number of hydrogen-bond donors (Lipinski definition) is 0. The van der Waals surface area contributed by atoms with Gasteiger partial charge in [-0.2, -0.15) is 0 Å². The Hall–Kier alpha value is -2.09. The molecule has 2 aromatic carbocycles. The standard InChI is InChI=1S/C19H19NO/c21-19(17-12-15-7-1-2-8-16(15)13-17)20-11-5-9-14-6-3-4-10-18(14)20/h1-4,6-8,10,17H,5,9,11-13H2. The highest BCUT2D eigenvalue weighted by Crippen LogP contribution is 2.32. The van der Waals surface area contributed by atoms with Crippen LogP contribution in [0.3, 0.4) is 0 Å². The Labute approximate surface area is 125 Å². The molecule has 106 valence electrons. The van der Waals surface area contributed by atoms with Crippen LogP contribution in [0, 0.1) is 5.92 Å². The summed E-state index contributed by atoms with van der Waals surface area (Å²) < 4.78 is 0. The van der Waals surface area contributed by atoms with Crippen molar-refractivity contribution in [2.45, 2.75) is 25.7 Å². The summed E-state index contributed by atoms with van der Waals surface area (Å²) in [5, 5.41) is 0. The van der Waals surface area contributed by atoms with Crippen LogP contribution in [0.4, 0.5) is 5.69 Å². The Bertz CT molecular complexity index is 666. The average Bonchev–Trinajstić information content (AvgIpc) is 2.97. The second-order valence-electron chi connectivity index (χ2n) is 6.10. The molecule has 0 atom stereocenters. The zero-order chi connectivity index (χ0) is 14.2. The molecule has 1 heterocycles. The van der Waals surface area contributed by atoms with Crippen molar-refractivity contribution in [3.05, 3.63) is 65.2 Å². The van der Waals surface area contributed by atoms with E-state index in [1.54, 1.807) is 0 Å². The van der Waals surface area contributed by atoms with Crippen molar-refractivity contribution >= 4 is 11.6 Å². The van der Waals surface area contributed by atoms with E-state index in [0.717, 1.165) is 37.9 Å². The molecule has 0 saturated heterocycles. The third-order valence-corrected chi connectivity index (χ3v) is 4.78. The van der Waals surface area contributed by atoms with Crippen LogP contribution in [0.25, 0.3) is 0 Å². The maximum Gasteiger partial charge on any atom is 0.230 e. The molecule has 0 bridgehead atoms. The van der Waals surface area contributed by atoms with Crippen molar-refractivity contribution in [2.75, 3.05) is 11.4 Å². The van der Waals surface area contributed by atoms with E-state index in [0.29, 0.717) is 5.91 Å². The second kappa shape index (κ2) is 5.03. The first-order valence-corrected chi connectivity index (χ1v) is 7.79. The van der Waals surface area contributed by atoms with Gasteiger partial charge in [-0.25, -0.2) is 0 Å². The van der Waals surface area contributed by atoms with Crippen molar-refractivity contribution in [1.29, 1.82) is 0 Å². The van der Waals surface area contributed by atoms with E-state index < -0.39 is 0 Å². The predicted octanol–water partition coefficient (Wildman–Crippen LogP) is 3.38. The lowest BCUT2D eigenvalue weighted by Crippen LogP contribution is -2.40. The first-order valence-electron chi connectivity index (χ1n) is 7.79. The highest BCUT2D eigenvalue weighted by atomic mass is 16.2. The number of carbonyl (C=O) groups excluding carboxylic acids is 1. The van der Waals surface area contributed by atoms with Gasteiger partial charge in [-0.1, -0.05) is 42.5 Å². The molecule has 1 amide bonds. The van der Waals surface area contributed by atoms with Gasteiger partial charge in [0.25, 0.3) is 0 Å². The van der Waals surface area contributed by atoms with Crippen LogP contribution < -0.4 is 4.90 Å². The molecule has 0 N–H and O–H groups in total. The van der Waals surface area contributed by atoms with Crippen LogP contribution in [-0.2, 0) is 24.1 Å². The topological polar surface area (TPSA) is 20.3 Å². The lowest BCUT2D eigenvalue weighted by molar-refractivity contribution is -0.122. The van der Waals surface area contributed by atoms with E-state index in [1.165, 1.54) is 16.7 Å². The number of benzene rings is 2. The van der Waals surface area contributed by atoms with Gasteiger partial charge in [0, 0.05) is 18.2 Å². The van der Waals surface area contributed by atoms with Gasteiger partial charge in [0.1, 0.15) is 0 Å². The quantitative estimate of drug-likeness (QED) is 0.782. The number of fused-ring (bicyclic) bond motifs is 2. The first-order chi connectivity index (χ1) is 10.3. The average molecular weight is 277 g/mol. The molecule has 0 aromatic heterocycles. The van der Waals surface area contributed by atoms with E-state index >= 15 is 0 Å². The van der Waals surface area contributed by atoms with E-state index in [2.05, 4.69) is 42.5 Å². The number of rotatable bonds is 1. The largest absolute Gasteiger partial charge is 0.312 e. The molecule has 0 unspecified atom stereocenters. The summed E-state index contributed by atoms with van der Waals surface area (Å²) in [6.07, 6.45) is 3.95. The summed E-state index contributed by atoms with van der Waals surface area (Å²) in [5.41, 5.74) is 5.14. The molecule has 0 radical (unpaired) electrons. The molecule has 0 saturated carbocycles. The summed E-state index contributed by atoms with van der Waals surface area (Å²) in [4.78, 5) is 15.0. The van der Waals surface area contributed by atoms with E-state index in [9.17, 15) is 4.79 Å². The molecule has 1 aliphatic carbocycles. The maximum atomic E-state index is 13.0. The second-order valence-corrected chi connectivity index (χ2v) is 6.10. The Balaban J connectivity index is 1.60. The zero-order valence-corrected chi connectivity index (χ0v) is 12.1. The SMILES string of the molecule is O=C(C1Cc2ccccc2C1)N1CCCc2ccccc21. The van der Waals surface area contributed by atoms with Crippen LogP contribution in [0.15, 0.2) is 48.5 Å². The molecule has 2 aliphatic rings. The fourth-order valence-corrected chi connectivity index (χ4v) is 3.72. The Morgan fingerprint density at radius 2 is 1.52 bits per heavy atom. The molecule has 0 fully saturated rings. The summed E-state index contributed by atoms with van der Waals surface area (Å²) in [6.45, 7) is 0.864. The third kappa shape index (κ3) is 2.15. The van der Waals surface area contributed by atoms with Crippen molar-refractivity contribution in [3.63, 3.8) is 0 Å². The highest BCUT2D eigenvalue weighted by molar-refractivity contribution is 5.96. The number of para-hydroxylation sites is 1. The fourth-order valence-electron chi connectivity index (χ4n) is 3.72. The minimum absolute atomic E-state index is 0.119. The minimum Gasteiger partial charge on any atom is -0.312 e. The van der Waals surface area contributed by atoms with Gasteiger partial charge in [-0.05, 0) is 48.4 Å². The zero-order valence-electron chi connectivity index (χ0n) is 12.1. The number of amides is 1. The molecule has 1 aliphatic heterocycles. The van der Waals surface area contributed by atoms with Crippen molar-refractivity contribution < 1.29 is 4.79 Å². The Kier molecular flexibility index (Phi) is 3.03. The van der Waals surface area contributed by atoms with Gasteiger partial charge in [0.2, 0.25) is 5.91 Å². The lowest BCUT2D eigenvalue weighted by atomic mass is 9.98. The molecule has 4 rings (SSSR count). The van der Waals surface area contributed by atoms with Crippen LogP contribution >= 0.6 is 0 Å². The van der Waals surface area contributed by atoms with Gasteiger partial charge < -0.3 is 4.90 Å². The van der Waals surface area contributed by atoms with Crippen molar-refractivity contribution in [2.24, 2.45) is 5.92 Å². The fraction of sp³-hybridized carbons (Fsp3) is 0.316. The summed E-state index contributed by atoms with van der Waals surface area (Å²) in [6, 6.07) is 16.8.